The van der Waals surface area contributed by atoms with Crippen LogP contribution in [0.4, 0.5) is 4.79 Å². The minimum Gasteiger partial charge on any atom is -0.481 e. The van der Waals surface area contributed by atoms with Crippen molar-refractivity contribution in [3.8, 4) is 11.1 Å². The molecule has 0 spiro atoms. The molecule has 220 valence electrons. The maximum Gasteiger partial charge on any atom is 0.407 e. The fourth-order valence-electron chi connectivity index (χ4n) is 6.18. The Balaban J connectivity index is 1.21. The number of aryl methyl sites for hydroxylation is 1. The number of carboxylic acids is 1. The first kappa shape index (κ1) is 29.4. The van der Waals surface area contributed by atoms with Crippen LogP contribution >= 0.6 is 0 Å². The number of hydrogen-bond acceptors (Lipinski definition) is 4. The number of ether oxygens (including phenoxy) is 1. The standard InChI is InChI=1S/C35H40N2O5/c38-33(39)16-4-1-3-11-25-17-19-26(20-18-25)23-32(34(40)37-21-9-2-10-22-37)36-35(41)42-24-31-29-14-7-5-12-27(29)28-13-6-8-15-30(28)31/h5-8,12-15,17-20,31-32H,1-4,9-11,16,21-24H2,(H,36,41)(H,38,39)/t32-/m0/s1. The third-order valence-electron chi connectivity index (χ3n) is 8.42. The van der Waals surface area contributed by atoms with Crippen LogP contribution in [0.15, 0.2) is 72.8 Å². The topological polar surface area (TPSA) is 95.9 Å². The van der Waals surface area contributed by atoms with Gasteiger partial charge in [-0.25, -0.2) is 4.79 Å². The van der Waals surface area contributed by atoms with E-state index >= 15 is 0 Å². The number of piperidine rings is 1. The molecule has 1 heterocycles. The summed E-state index contributed by atoms with van der Waals surface area (Å²) in [5, 5.41) is 11.7. The van der Waals surface area contributed by atoms with E-state index in [0.29, 0.717) is 25.9 Å². The van der Waals surface area contributed by atoms with E-state index in [1.807, 2.05) is 41.3 Å². The number of aliphatic carboxylic acids is 1. The van der Waals surface area contributed by atoms with Crippen molar-refractivity contribution in [3.05, 3.63) is 95.1 Å². The minimum atomic E-state index is -0.750. The largest absolute Gasteiger partial charge is 0.481 e. The molecule has 0 radical (unpaired) electrons. The van der Waals surface area contributed by atoms with E-state index in [9.17, 15) is 14.4 Å². The molecule has 2 N–H and O–H groups in total. The van der Waals surface area contributed by atoms with E-state index in [2.05, 4.69) is 41.7 Å². The summed E-state index contributed by atoms with van der Waals surface area (Å²) >= 11 is 0. The number of carboxylic acid groups (broad SMARTS) is 1. The van der Waals surface area contributed by atoms with Gasteiger partial charge in [-0.05, 0) is 71.9 Å². The molecule has 5 rings (SSSR count). The predicted octanol–water partition coefficient (Wildman–Crippen LogP) is 6.34. The van der Waals surface area contributed by atoms with Crippen LogP contribution in [0.2, 0.25) is 0 Å². The Morgan fingerprint density at radius 3 is 2.07 bits per heavy atom. The number of benzene rings is 3. The van der Waals surface area contributed by atoms with Crippen molar-refractivity contribution in [2.45, 2.75) is 69.7 Å². The molecule has 1 fully saturated rings. The molecule has 0 saturated carbocycles. The molecular weight excluding hydrogens is 528 g/mol. The average Bonchev–Trinajstić information content (AvgIpc) is 3.34. The highest BCUT2D eigenvalue weighted by molar-refractivity contribution is 5.86. The zero-order chi connectivity index (χ0) is 29.3. The molecule has 2 amide bonds. The van der Waals surface area contributed by atoms with Gasteiger partial charge in [-0.1, -0.05) is 79.2 Å². The lowest BCUT2D eigenvalue weighted by Gasteiger charge is -2.30. The zero-order valence-corrected chi connectivity index (χ0v) is 24.1. The number of hydrogen-bond donors (Lipinski definition) is 2. The number of alkyl carbamates (subject to hydrolysis) is 1. The highest BCUT2D eigenvalue weighted by Gasteiger charge is 2.31. The number of nitrogens with zero attached hydrogens (tertiary/aromatic N) is 1. The van der Waals surface area contributed by atoms with Crippen LogP contribution in [0.3, 0.4) is 0 Å². The summed E-state index contributed by atoms with van der Waals surface area (Å²) in [6, 6.07) is 23.9. The van der Waals surface area contributed by atoms with Crippen LogP contribution in [-0.2, 0) is 27.2 Å². The van der Waals surface area contributed by atoms with Crippen molar-refractivity contribution in [1.82, 2.24) is 10.2 Å². The third-order valence-corrected chi connectivity index (χ3v) is 8.42. The number of fused-ring (bicyclic) bond motifs is 3. The summed E-state index contributed by atoms with van der Waals surface area (Å²) in [5.41, 5.74) is 6.79. The summed E-state index contributed by atoms with van der Waals surface area (Å²) in [7, 11) is 0. The first-order valence-electron chi connectivity index (χ1n) is 15.2. The van der Waals surface area contributed by atoms with Gasteiger partial charge in [0.1, 0.15) is 12.6 Å². The van der Waals surface area contributed by atoms with E-state index < -0.39 is 18.1 Å². The van der Waals surface area contributed by atoms with Crippen LogP contribution in [0.5, 0.6) is 0 Å². The Morgan fingerprint density at radius 2 is 1.43 bits per heavy atom. The van der Waals surface area contributed by atoms with Gasteiger partial charge in [-0.3, -0.25) is 9.59 Å². The van der Waals surface area contributed by atoms with E-state index in [4.69, 9.17) is 9.84 Å². The van der Waals surface area contributed by atoms with Gasteiger partial charge in [-0.2, -0.15) is 0 Å². The lowest BCUT2D eigenvalue weighted by molar-refractivity contribution is -0.137. The molecule has 3 aromatic rings. The number of nitrogens with one attached hydrogen (secondary N) is 1. The highest BCUT2D eigenvalue weighted by Crippen LogP contribution is 2.44. The molecule has 0 bridgehead atoms. The van der Waals surface area contributed by atoms with Crippen LogP contribution in [0.25, 0.3) is 11.1 Å². The van der Waals surface area contributed by atoms with Crippen LogP contribution in [0, 0.1) is 0 Å². The Labute approximate surface area is 247 Å². The van der Waals surface area contributed by atoms with Gasteiger partial charge in [0.05, 0.1) is 0 Å². The first-order chi connectivity index (χ1) is 20.5. The number of likely N-dealkylation sites (tertiary alicyclic amines) is 1. The third kappa shape index (κ3) is 7.38. The molecule has 1 aliphatic carbocycles. The van der Waals surface area contributed by atoms with Gasteiger partial charge in [0.15, 0.2) is 0 Å². The fraction of sp³-hybridized carbons (Fsp3) is 0.400. The minimum absolute atomic E-state index is 0.0453. The van der Waals surface area contributed by atoms with Crippen molar-refractivity contribution in [2.75, 3.05) is 19.7 Å². The monoisotopic (exact) mass is 568 g/mol. The van der Waals surface area contributed by atoms with Crippen molar-refractivity contribution >= 4 is 18.0 Å². The predicted molar refractivity (Wildman–Crippen MR) is 162 cm³/mol. The maximum atomic E-state index is 13.6. The van der Waals surface area contributed by atoms with Crippen molar-refractivity contribution in [1.29, 1.82) is 0 Å². The Kier molecular flexibility index (Phi) is 9.90. The summed E-state index contributed by atoms with van der Waals surface area (Å²) in [5.74, 6) is -0.860. The normalized spacial score (nSPS) is 15.0. The van der Waals surface area contributed by atoms with Gasteiger partial charge in [0.25, 0.3) is 0 Å². The average molecular weight is 569 g/mol. The Morgan fingerprint density at radius 1 is 0.810 bits per heavy atom. The molecule has 3 aromatic carbocycles. The molecule has 42 heavy (non-hydrogen) atoms. The second-order valence-electron chi connectivity index (χ2n) is 11.4. The molecule has 0 aromatic heterocycles. The molecule has 1 saturated heterocycles. The first-order valence-corrected chi connectivity index (χ1v) is 15.2. The maximum absolute atomic E-state index is 13.6. The fourth-order valence-corrected chi connectivity index (χ4v) is 6.18. The number of carbonyl (C=O) groups excluding carboxylic acids is 2. The molecular formula is C35H40N2O5. The van der Waals surface area contributed by atoms with Gasteiger partial charge >= 0.3 is 12.1 Å². The summed E-state index contributed by atoms with van der Waals surface area (Å²) in [6.07, 6.45) is 6.48. The number of amides is 2. The SMILES string of the molecule is O=C(O)CCCCCc1ccc(C[C@H](NC(=O)OCC2c3ccccc3-c3ccccc32)C(=O)N2CCCCC2)cc1. The van der Waals surface area contributed by atoms with Crippen molar-refractivity contribution in [3.63, 3.8) is 0 Å². The number of unbranched alkanes of at least 4 members (excludes halogenated alkanes) is 2. The molecule has 1 aliphatic heterocycles. The number of rotatable bonds is 12. The molecule has 1 atom stereocenters. The lowest BCUT2D eigenvalue weighted by Crippen LogP contribution is -2.51. The van der Waals surface area contributed by atoms with E-state index in [0.717, 1.165) is 55.2 Å². The van der Waals surface area contributed by atoms with Crippen LogP contribution < -0.4 is 5.32 Å². The van der Waals surface area contributed by atoms with E-state index in [-0.39, 0.29) is 24.9 Å². The van der Waals surface area contributed by atoms with Gasteiger partial charge in [0, 0.05) is 31.8 Å². The van der Waals surface area contributed by atoms with Crippen LogP contribution in [-0.4, -0.2) is 53.7 Å². The number of carbonyl (C=O) groups is 3. The van der Waals surface area contributed by atoms with Gasteiger partial charge in [0.2, 0.25) is 5.91 Å². The highest BCUT2D eigenvalue weighted by atomic mass is 16.5. The quantitative estimate of drug-likeness (QED) is 0.249. The Hall–Kier alpha value is -4.13. The van der Waals surface area contributed by atoms with Crippen molar-refractivity contribution in [2.24, 2.45) is 0 Å². The van der Waals surface area contributed by atoms with Crippen molar-refractivity contribution < 1.29 is 24.2 Å². The smallest absolute Gasteiger partial charge is 0.407 e. The Bertz CT molecular complexity index is 1330. The summed E-state index contributed by atoms with van der Waals surface area (Å²) in [6.45, 7) is 1.62. The molecule has 2 aliphatic rings. The molecule has 7 nitrogen and oxygen atoms in total. The summed E-state index contributed by atoms with van der Waals surface area (Å²) in [4.78, 5) is 39.3. The summed E-state index contributed by atoms with van der Waals surface area (Å²) < 4.78 is 5.79. The van der Waals surface area contributed by atoms with Gasteiger partial charge < -0.3 is 20.1 Å². The zero-order valence-electron chi connectivity index (χ0n) is 24.1. The van der Waals surface area contributed by atoms with E-state index in [1.54, 1.807) is 0 Å². The van der Waals surface area contributed by atoms with Crippen LogP contribution in [0.1, 0.15) is 73.1 Å². The van der Waals surface area contributed by atoms with Gasteiger partial charge in [-0.15, -0.1) is 0 Å². The van der Waals surface area contributed by atoms with E-state index in [1.165, 1.54) is 16.7 Å². The molecule has 7 heteroatoms. The second kappa shape index (κ2) is 14.2. The molecule has 0 unspecified atom stereocenters. The lowest BCUT2D eigenvalue weighted by atomic mass is 9.98. The second-order valence-corrected chi connectivity index (χ2v) is 11.4.